The third-order valence-corrected chi connectivity index (χ3v) is 4.13. The molecule has 1 atom stereocenters. The van der Waals surface area contributed by atoms with Gasteiger partial charge in [0.2, 0.25) is 0 Å². The minimum absolute atomic E-state index is 0.180. The molecule has 1 aromatic carbocycles. The first-order chi connectivity index (χ1) is 10.5. The number of aliphatic imine (C=N–C) groups is 1. The summed E-state index contributed by atoms with van der Waals surface area (Å²) in [5, 5.41) is 0. The van der Waals surface area contributed by atoms with Crippen LogP contribution >= 0.6 is 0 Å². The SMILES string of the molecule is CC=C(/C=C(/c1cccc(C2C=CC=N2)c1)C(C)C)C(C)C. The Kier molecular flexibility index (Phi) is 5.54. The van der Waals surface area contributed by atoms with Gasteiger partial charge in [0.05, 0.1) is 6.04 Å². The number of allylic oxidation sites excluding steroid dienone is 5. The second-order valence-electron chi connectivity index (χ2n) is 6.45. The fourth-order valence-electron chi connectivity index (χ4n) is 2.79. The molecule has 0 aromatic heterocycles. The lowest BCUT2D eigenvalue weighted by atomic mass is 9.89. The summed E-state index contributed by atoms with van der Waals surface area (Å²) in [6.07, 6.45) is 10.6. The number of benzene rings is 1. The van der Waals surface area contributed by atoms with Gasteiger partial charge in [0, 0.05) is 6.21 Å². The van der Waals surface area contributed by atoms with Crippen LogP contribution in [0.3, 0.4) is 0 Å². The van der Waals surface area contributed by atoms with E-state index in [2.05, 4.69) is 82.1 Å². The average Bonchev–Trinajstić information content (AvgIpc) is 3.02. The van der Waals surface area contributed by atoms with Crippen LogP contribution in [-0.4, -0.2) is 6.21 Å². The number of nitrogens with zero attached hydrogens (tertiary/aromatic N) is 1. The molecule has 1 unspecified atom stereocenters. The van der Waals surface area contributed by atoms with E-state index in [0.29, 0.717) is 11.8 Å². The quantitative estimate of drug-likeness (QED) is 0.589. The van der Waals surface area contributed by atoms with Gasteiger partial charge < -0.3 is 0 Å². The molecule has 1 aliphatic rings. The highest BCUT2D eigenvalue weighted by atomic mass is 14.8. The van der Waals surface area contributed by atoms with Gasteiger partial charge in [-0.1, -0.05) is 64.1 Å². The van der Waals surface area contributed by atoms with E-state index in [1.807, 2.05) is 12.3 Å². The Morgan fingerprint density at radius 3 is 2.45 bits per heavy atom. The second-order valence-corrected chi connectivity index (χ2v) is 6.45. The van der Waals surface area contributed by atoms with Crippen molar-refractivity contribution in [2.24, 2.45) is 16.8 Å². The summed E-state index contributed by atoms with van der Waals surface area (Å²) in [5.74, 6) is 1.04. The lowest BCUT2D eigenvalue weighted by Gasteiger charge is -2.17. The molecule has 1 nitrogen and oxygen atoms in total. The van der Waals surface area contributed by atoms with Crippen molar-refractivity contribution in [3.8, 4) is 0 Å². The van der Waals surface area contributed by atoms with Gasteiger partial charge in [-0.2, -0.15) is 0 Å². The van der Waals surface area contributed by atoms with Gasteiger partial charge in [-0.05, 0) is 53.2 Å². The van der Waals surface area contributed by atoms with Crippen LogP contribution in [0.5, 0.6) is 0 Å². The van der Waals surface area contributed by atoms with Crippen molar-refractivity contribution >= 4 is 11.8 Å². The van der Waals surface area contributed by atoms with Crippen LogP contribution in [0.4, 0.5) is 0 Å². The van der Waals surface area contributed by atoms with Gasteiger partial charge in [0.25, 0.3) is 0 Å². The zero-order chi connectivity index (χ0) is 16.1. The second kappa shape index (κ2) is 7.40. The Hall–Kier alpha value is -1.89. The van der Waals surface area contributed by atoms with Crippen LogP contribution in [0.2, 0.25) is 0 Å². The Bertz CT molecular complexity index is 615. The maximum atomic E-state index is 4.49. The molecule has 1 heteroatoms. The Morgan fingerprint density at radius 1 is 1.14 bits per heavy atom. The largest absolute Gasteiger partial charge is 0.281 e. The molecule has 22 heavy (non-hydrogen) atoms. The summed E-state index contributed by atoms with van der Waals surface area (Å²) < 4.78 is 0. The van der Waals surface area contributed by atoms with Crippen molar-refractivity contribution < 1.29 is 0 Å². The van der Waals surface area contributed by atoms with Crippen molar-refractivity contribution in [1.29, 1.82) is 0 Å². The Balaban J connectivity index is 2.41. The summed E-state index contributed by atoms with van der Waals surface area (Å²) in [5.41, 5.74) is 5.37. The zero-order valence-corrected chi connectivity index (χ0v) is 14.4. The van der Waals surface area contributed by atoms with E-state index in [1.165, 1.54) is 22.3 Å². The molecule has 0 spiro atoms. The number of rotatable bonds is 5. The first-order valence-electron chi connectivity index (χ1n) is 8.21. The van der Waals surface area contributed by atoms with E-state index in [9.17, 15) is 0 Å². The van der Waals surface area contributed by atoms with Crippen LogP contribution < -0.4 is 0 Å². The van der Waals surface area contributed by atoms with Crippen LogP contribution in [0.1, 0.15) is 51.8 Å². The predicted molar refractivity (Wildman–Crippen MR) is 98.2 cm³/mol. The zero-order valence-electron chi connectivity index (χ0n) is 14.4. The lowest BCUT2D eigenvalue weighted by Crippen LogP contribution is -1.99. The lowest BCUT2D eigenvalue weighted by molar-refractivity contribution is 0.783. The van der Waals surface area contributed by atoms with Crippen LogP contribution in [0.25, 0.3) is 5.57 Å². The summed E-state index contributed by atoms with van der Waals surface area (Å²) >= 11 is 0. The normalized spacial score (nSPS) is 18.8. The third-order valence-electron chi connectivity index (χ3n) is 4.13. The fraction of sp³-hybridized carbons (Fsp3) is 0.381. The third kappa shape index (κ3) is 3.85. The highest BCUT2D eigenvalue weighted by Gasteiger charge is 2.13. The van der Waals surface area contributed by atoms with Crippen molar-refractivity contribution in [2.45, 2.75) is 40.7 Å². The fourth-order valence-corrected chi connectivity index (χ4v) is 2.79. The molecular weight excluding hydrogens is 266 g/mol. The van der Waals surface area contributed by atoms with E-state index in [-0.39, 0.29) is 6.04 Å². The van der Waals surface area contributed by atoms with Gasteiger partial charge in [-0.3, -0.25) is 4.99 Å². The first-order valence-corrected chi connectivity index (χ1v) is 8.21. The maximum absolute atomic E-state index is 4.49. The summed E-state index contributed by atoms with van der Waals surface area (Å²) in [7, 11) is 0. The van der Waals surface area contributed by atoms with Crippen LogP contribution in [-0.2, 0) is 0 Å². The van der Waals surface area contributed by atoms with Crippen molar-refractivity contribution in [1.82, 2.24) is 0 Å². The molecule has 0 N–H and O–H groups in total. The number of hydrogen-bond acceptors (Lipinski definition) is 1. The molecule has 2 rings (SSSR count). The monoisotopic (exact) mass is 293 g/mol. The molecule has 0 fully saturated rings. The van der Waals surface area contributed by atoms with Crippen LogP contribution in [0, 0.1) is 11.8 Å². The van der Waals surface area contributed by atoms with Gasteiger partial charge in [0.1, 0.15) is 0 Å². The molecular formula is C21H27N. The van der Waals surface area contributed by atoms with Crippen molar-refractivity contribution in [3.05, 3.63) is 65.3 Å². The van der Waals surface area contributed by atoms with Gasteiger partial charge in [0.15, 0.2) is 0 Å². The van der Waals surface area contributed by atoms with Gasteiger partial charge >= 0.3 is 0 Å². The van der Waals surface area contributed by atoms with E-state index in [0.717, 1.165) is 0 Å². The molecule has 1 heterocycles. The summed E-state index contributed by atoms with van der Waals surface area (Å²) in [6.45, 7) is 11.1. The number of hydrogen-bond donors (Lipinski definition) is 0. The highest BCUT2D eigenvalue weighted by Crippen LogP contribution is 2.30. The molecule has 0 saturated heterocycles. The first kappa shape index (κ1) is 16.5. The smallest absolute Gasteiger partial charge is 0.0934 e. The molecule has 0 radical (unpaired) electrons. The molecule has 0 aliphatic carbocycles. The van der Waals surface area contributed by atoms with Crippen molar-refractivity contribution in [3.63, 3.8) is 0 Å². The highest BCUT2D eigenvalue weighted by molar-refractivity contribution is 5.75. The maximum Gasteiger partial charge on any atom is 0.0934 e. The molecule has 116 valence electrons. The Labute approximate surface area is 135 Å². The topological polar surface area (TPSA) is 12.4 Å². The van der Waals surface area contributed by atoms with Crippen LogP contribution in [0.15, 0.2) is 59.1 Å². The summed E-state index contributed by atoms with van der Waals surface area (Å²) in [4.78, 5) is 4.49. The van der Waals surface area contributed by atoms with Crippen molar-refractivity contribution in [2.75, 3.05) is 0 Å². The summed E-state index contributed by atoms with van der Waals surface area (Å²) in [6, 6.07) is 8.99. The minimum atomic E-state index is 0.180. The average molecular weight is 293 g/mol. The minimum Gasteiger partial charge on any atom is -0.281 e. The molecule has 0 saturated carbocycles. The van der Waals surface area contributed by atoms with E-state index >= 15 is 0 Å². The predicted octanol–water partition coefficient (Wildman–Crippen LogP) is 6.01. The standard InChI is InChI=1S/C21H27N/c1-6-17(15(2)3)14-20(16(4)5)18-9-7-10-19(13-18)21-11-8-12-22-21/h6-16,21H,1-5H3/b17-6?,20-14+. The van der Waals surface area contributed by atoms with Gasteiger partial charge in [-0.25, -0.2) is 0 Å². The van der Waals surface area contributed by atoms with E-state index in [1.54, 1.807) is 0 Å². The van der Waals surface area contributed by atoms with Gasteiger partial charge in [-0.15, -0.1) is 0 Å². The molecule has 0 bridgehead atoms. The molecule has 1 aromatic rings. The van der Waals surface area contributed by atoms with E-state index in [4.69, 9.17) is 0 Å². The molecule has 0 amide bonds. The van der Waals surface area contributed by atoms with E-state index < -0.39 is 0 Å². The Morgan fingerprint density at radius 2 is 1.91 bits per heavy atom. The molecule has 1 aliphatic heterocycles.